The molecule has 0 fully saturated rings. The lowest BCUT2D eigenvalue weighted by Crippen LogP contribution is -2.40. The van der Waals surface area contributed by atoms with Crippen molar-refractivity contribution in [1.29, 1.82) is 0 Å². The fourth-order valence-electron chi connectivity index (χ4n) is 0.611. The summed E-state index contributed by atoms with van der Waals surface area (Å²) in [6.45, 7) is 12.8. The lowest BCUT2D eigenvalue weighted by atomic mass is 10.0. The maximum Gasteiger partial charge on any atom is 0.0401 e. The molecule has 0 rings (SSSR count). The molecule has 0 aromatic carbocycles. The van der Waals surface area contributed by atoms with Crippen molar-refractivity contribution >= 4 is 0 Å². The minimum atomic E-state index is -0.0608. The van der Waals surface area contributed by atoms with Crippen molar-refractivity contribution in [3.8, 4) is 0 Å². The van der Waals surface area contributed by atoms with Crippen LogP contribution >= 0.6 is 0 Å². The van der Waals surface area contributed by atoms with E-state index in [4.69, 9.17) is 0 Å². The second-order valence-electron chi connectivity index (χ2n) is 2.88. The molecule has 0 aliphatic heterocycles. The van der Waals surface area contributed by atoms with Crippen LogP contribution in [-0.2, 0) is 0 Å². The van der Waals surface area contributed by atoms with Crippen molar-refractivity contribution < 1.29 is 5.21 Å². The second kappa shape index (κ2) is 6.62. The van der Waals surface area contributed by atoms with Crippen molar-refractivity contribution in [2.45, 2.75) is 53.5 Å². The first-order valence-corrected chi connectivity index (χ1v) is 4.51. The van der Waals surface area contributed by atoms with E-state index >= 15 is 0 Å². The Hall–Kier alpha value is -0.0800. The van der Waals surface area contributed by atoms with Gasteiger partial charge in [-0.2, -0.15) is 5.06 Å². The summed E-state index contributed by atoms with van der Waals surface area (Å²) in [7, 11) is 0. The monoisotopic (exact) mass is 161 g/mol. The number of hydrogen-bond donors (Lipinski definition) is 1. The molecule has 70 valence electrons. The van der Waals surface area contributed by atoms with E-state index in [0.717, 1.165) is 6.42 Å². The molecule has 0 unspecified atom stereocenters. The van der Waals surface area contributed by atoms with Gasteiger partial charge in [0.05, 0.1) is 0 Å². The van der Waals surface area contributed by atoms with Gasteiger partial charge < -0.3 is 5.21 Å². The Bertz CT molecular complexity index is 81.6. The minimum absolute atomic E-state index is 0.0608. The van der Waals surface area contributed by atoms with Crippen LogP contribution in [0.15, 0.2) is 0 Å². The van der Waals surface area contributed by atoms with Gasteiger partial charge in [-0.1, -0.05) is 27.7 Å². The molecule has 2 nitrogen and oxygen atoms in total. The van der Waals surface area contributed by atoms with Gasteiger partial charge in [0.2, 0.25) is 0 Å². The highest BCUT2D eigenvalue weighted by Crippen LogP contribution is 2.14. The van der Waals surface area contributed by atoms with Crippen molar-refractivity contribution in [3.63, 3.8) is 0 Å². The zero-order chi connectivity index (χ0) is 9.49. The highest BCUT2D eigenvalue weighted by Gasteiger charge is 2.20. The van der Waals surface area contributed by atoms with Gasteiger partial charge in [-0.3, -0.25) is 0 Å². The number of rotatable bonds is 3. The first-order valence-electron chi connectivity index (χ1n) is 4.51. The number of hydrogen-bond acceptors (Lipinski definition) is 2. The second-order valence-corrected chi connectivity index (χ2v) is 2.88. The zero-order valence-corrected chi connectivity index (χ0v) is 8.81. The molecule has 0 aromatic rings. The summed E-state index contributed by atoms with van der Waals surface area (Å²) < 4.78 is 0. The van der Waals surface area contributed by atoms with Gasteiger partial charge in [0.25, 0.3) is 0 Å². The molecular weight excluding hydrogens is 138 g/mol. The molecule has 11 heavy (non-hydrogen) atoms. The van der Waals surface area contributed by atoms with Crippen LogP contribution in [0.5, 0.6) is 0 Å². The van der Waals surface area contributed by atoms with Crippen LogP contribution in [0, 0.1) is 0 Å². The normalized spacial score (nSPS) is 10.9. The molecule has 2 heteroatoms. The molecule has 0 saturated heterocycles. The molecule has 0 heterocycles. The fourth-order valence-corrected chi connectivity index (χ4v) is 0.611. The average Bonchev–Trinajstić information content (AvgIpc) is 2.06. The third kappa shape index (κ3) is 5.22. The lowest BCUT2D eigenvalue weighted by Gasteiger charge is -2.31. The van der Waals surface area contributed by atoms with Crippen LogP contribution in [0.25, 0.3) is 0 Å². The molecular formula is C9H23NO. The summed E-state index contributed by atoms with van der Waals surface area (Å²) >= 11 is 0. The highest BCUT2D eigenvalue weighted by molar-refractivity contribution is 4.72. The summed E-state index contributed by atoms with van der Waals surface area (Å²) in [5, 5.41) is 10.6. The topological polar surface area (TPSA) is 23.5 Å². The van der Waals surface area contributed by atoms with Gasteiger partial charge in [-0.15, -0.1) is 0 Å². The molecule has 0 saturated carbocycles. The molecule has 0 atom stereocenters. The maximum atomic E-state index is 9.22. The fraction of sp³-hybridized carbons (Fsp3) is 1.00. The van der Waals surface area contributed by atoms with Crippen molar-refractivity contribution in [2.75, 3.05) is 6.54 Å². The van der Waals surface area contributed by atoms with Gasteiger partial charge in [0, 0.05) is 12.1 Å². The lowest BCUT2D eigenvalue weighted by molar-refractivity contribution is -0.159. The van der Waals surface area contributed by atoms with Crippen molar-refractivity contribution in [1.82, 2.24) is 5.06 Å². The van der Waals surface area contributed by atoms with Crippen LogP contribution in [-0.4, -0.2) is 22.4 Å². The molecule has 0 amide bonds. The summed E-state index contributed by atoms with van der Waals surface area (Å²) in [6, 6.07) is 0. The van der Waals surface area contributed by atoms with E-state index in [0.29, 0.717) is 6.54 Å². The third-order valence-corrected chi connectivity index (χ3v) is 1.86. The van der Waals surface area contributed by atoms with E-state index < -0.39 is 0 Å². The predicted octanol–water partition coefficient (Wildman–Crippen LogP) is 2.91. The quantitative estimate of drug-likeness (QED) is 0.643. The van der Waals surface area contributed by atoms with Crippen molar-refractivity contribution in [2.24, 2.45) is 0 Å². The van der Waals surface area contributed by atoms with E-state index in [1.165, 1.54) is 5.06 Å². The van der Waals surface area contributed by atoms with E-state index in [9.17, 15) is 5.21 Å². The summed E-state index contributed by atoms with van der Waals surface area (Å²) in [6.07, 6.45) is 0.970. The van der Waals surface area contributed by atoms with Crippen LogP contribution in [0.1, 0.15) is 48.0 Å². The number of hydroxylamine groups is 2. The molecule has 1 N–H and O–H groups in total. The Labute approximate surface area is 71.2 Å². The van der Waals surface area contributed by atoms with Gasteiger partial charge in [-0.25, -0.2) is 0 Å². The maximum absolute atomic E-state index is 9.22. The van der Waals surface area contributed by atoms with Gasteiger partial charge in [0.1, 0.15) is 0 Å². The Balaban J connectivity index is 0. The smallest absolute Gasteiger partial charge is 0.0401 e. The van der Waals surface area contributed by atoms with Gasteiger partial charge >= 0.3 is 0 Å². The van der Waals surface area contributed by atoms with Gasteiger partial charge in [0.15, 0.2) is 0 Å². The molecule has 0 spiro atoms. The van der Waals surface area contributed by atoms with Gasteiger partial charge in [-0.05, 0) is 20.3 Å². The average molecular weight is 161 g/mol. The van der Waals surface area contributed by atoms with E-state index in [1.54, 1.807) is 0 Å². The third-order valence-electron chi connectivity index (χ3n) is 1.86. The first-order chi connectivity index (χ1) is 5.04. The molecule has 0 aliphatic carbocycles. The molecule has 0 aliphatic rings. The summed E-state index contributed by atoms with van der Waals surface area (Å²) in [5.74, 6) is 0. The van der Waals surface area contributed by atoms with Crippen LogP contribution in [0.3, 0.4) is 0 Å². The standard InChI is InChI=1S/C7H17NO.C2H6/c1-5-7(3,4)8(9)6-2;1-2/h9H,5-6H2,1-4H3;1-2H3. The predicted molar refractivity (Wildman–Crippen MR) is 49.9 cm³/mol. The molecule has 0 aromatic heterocycles. The van der Waals surface area contributed by atoms with E-state index in [2.05, 4.69) is 6.92 Å². The minimum Gasteiger partial charge on any atom is -0.313 e. The number of nitrogens with zero attached hydrogens (tertiary/aromatic N) is 1. The SMILES string of the molecule is CC.CCN(O)C(C)(C)CC. The zero-order valence-electron chi connectivity index (χ0n) is 8.81. The Morgan fingerprint density at radius 3 is 1.64 bits per heavy atom. The van der Waals surface area contributed by atoms with Crippen molar-refractivity contribution in [3.05, 3.63) is 0 Å². The van der Waals surface area contributed by atoms with Crippen LogP contribution < -0.4 is 0 Å². The van der Waals surface area contributed by atoms with E-state index in [-0.39, 0.29) is 5.54 Å². The summed E-state index contributed by atoms with van der Waals surface area (Å²) in [5.41, 5.74) is -0.0608. The highest BCUT2D eigenvalue weighted by atomic mass is 16.5. The largest absolute Gasteiger partial charge is 0.313 e. The molecule has 0 radical (unpaired) electrons. The Kier molecular flexibility index (Phi) is 8.13. The Morgan fingerprint density at radius 1 is 1.18 bits per heavy atom. The Morgan fingerprint density at radius 2 is 1.55 bits per heavy atom. The first kappa shape index (κ1) is 13.5. The summed E-state index contributed by atoms with van der Waals surface area (Å²) in [4.78, 5) is 0. The van der Waals surface area contributed by atoms with Crippen LogP contribution in [0.2, 0.25) is 0 Å². The molecule has 0 bridgehead atoms. The van der Waals surface area contributed by atoms with E-state index in [1.807, 2.05) is 34.6 Å². The van der Waals surface area contributed by atoms with Crippen LogP contribution in [0.4, 0.5) is 0 Å².